The fourth-order valence-corrected chi connectivity index (χ4v) is 2.53. The first-order valence-corrected chi connectivity index (χ1v) is 6.70. The molecule has 0 aliphatic carbocycles. The monoisotopic (exact) mass is 352 g/mol. The van der Waals surface area contributed by atoms with Crippen LogP contribution in [-0.2, 0) is 0 Å². The van der Waals surface area contributed by atoms with Gasteiger partial charge in [0, 0.05) is 11.1 Å². The maximum Gasteiger partial charge on any atom is 0.337 e. The SMILES string of the molecule is O=C(O)c1cc(F)c(-c2ccc(Cl)c(Cl)c2Cl)cc1Cl. The fourth-order valence-electron chi connectivity index (χ4n) is 1.65. The number of hydrogen-bond donors (Lipinski definition) is 1. The molecule has 0 aliphatic rings. The van der Waals surface area contributed by atoms with Gasteiger partial charge in [-0.15, -0.1) is 0 Å². The fraction of sp³-hybridized carbons (Fsp3) is 0. The highest BCUT2D eigenvalue weighted by Crippen LogP contribution is 2.40. The predicted octanol–water partition coefficient (Wildman–Crippen LogP) is 5.80. The summed E-state index contributed by atoms with van der Waals surface area (Å²) >= 11 is 23.5. The number of hydrogen-bond acceptors (Lipinski definition) is 1. The van der Waals surface area contributed by atoms with Crippen LogP contribution in [0.15, 0.2) is 24.3 Å². The number of halogens is 5. The highest BCUT2D eigenvalue weighted by Gasteiger charge is 2.18. The minimum atomic E-state index is -1.32. The number of carbonyl (C=O) groups is 1. The molecule has 0 saturated carbocycles. The average molecular weight is 354 g/mol. The molecule has 0 aliphatic heterocycles. The first-order chi connectivity index (χ1) is 9.32. The Morgan fingerprint density at radius 2 is 1.60 bits per heavy atom. The van der Waals surface area contributed by atoms with Gasteiger partial charge in [0.2, 0.25) is 0 Å². The van der Waals surface area contributed by atoms with Crippen molar-refractivity contribution in [1.82, 2.24) is 0 Å². The zero-order valence-corrected chi connectivity index (χ0v) is 12.6. The molecule has 7 heteroatoms. The Bertz CT molecular complexity index is 716. The van der Waals surface area contributed by atoms with Crippen LogP contribution in [0.25, 0.3) is 11.1 Å². The van der Waals surface area contributed by atoms with Gasteiger partial charge < -0.3 is 5.11 Å². The van der Waals surface area contributed by atoms with Crippen LogP contribution in [0.3, 0.4) is 0 Å². The van der Waals surface area contributed by atoms with E-state index in [0.717, 1.165) is 6.07 Å². The van der Waals surface area contributed by atoms with Gasteiger partial charge in [0.15, 0.2) is 0 Å². The first kappa shape index (κ1) is 15.4. The number of benzene rings is 2. The lowest BCUT2D eigenvalue weighted by Crippen LogP contribution is -2.00. The smallest absolute Gasteiger partial charge is 0.337 e. The Morgan fingerprint density at radius 1 is 0.950 bits per heavy atom. The van der Waals surface area contributed by atoms with Crippen LogP contribution >= 0.6 is 46.4 Å². The number of carboxylic acids is 1. The van der Waals surface area contributed by atoms with E-state index in [1.807, 2.05) is 0 Å². The molecule has 0 spiro atoms. The van der Waals surface area contributed by atoms with Gasteiger partial charge in [-0.25, -0.2) is 9.18 Å². The molecule has 0 unspecified atom stereocenters. The van der Waals surface area contributed by atoms with Gasteiger partial charge in [0.25, 0.3) is 0 Å². The maximum atomic E-state index is 14.0. The van der Waals surface area contributed by atoms with Crippen molar-refractivity contribution >= 4 is 52.4 Å². The predicted molar refractivity (Wildman–Crippen MR) is 78.8 cm³/mol. The third-order valence-corrected chi connectivity index (χ3v) is 4.22. The third-order valence-electron chi connectivity index (χ3n) is 2.61. The Labute approximate surface area is 133 Å². The molecule has 2 aromatic rings. The summed E-state index contributed by atoms with van der Waals surface area (Å²) in [5.41, 5.74) is -0.00919. The van der Waals surface area contributed by atoms with Gasteiger partial charge in [0.1, 0.15) is 5.82 Å². The Morgan fingerprint density at radius 3 is 2.20 bits per heavy atom. The van der Waals surface area contributed by atoms with Crippen LogP contribution in [0, 0.1) is 5.82 Å². The van der Waals surface area contributed by atoms with Crippen molar-refractivity contribution in [3.05, 3.63) is 55.7 Å². The van der Waals surface area contributed by atoms with E-state index >= 15 is 0 Å². The van der Waals surface area contributed by atoms with Crippen LogP contribution in [0.5, 0.6) is 0 Å². The summed E-state index contributed by atoms with van der Waals surface area (Å²) < 4.78 is 14.0. The standard InChI is InChI=1S/C13H5Cl4FO2/c14-8-2-1-5(11(16)12(8)17)6-3-9(15)7(13(19)20)4-10(6)18/h1-4H,(H,19,20). The highest BCUT2D eigenvalue weighted by atomic mass is 35.5. The Hall–Kier alpha value is -1.000. The molecule has 20 heavy (non-hydrogen) atoms. The molecule has 2 nitrogen and oxygen atoms in total. The van der Waals surface area contributed by atoms with Crippen molar-refractivity contribution in [3.63, 3.8) is 0 Å². The number of aromatic carboxylic acids is 1. The molecule has 2 rings (SSSR count). The second-order valence-corrected chi connectivity index (χ2v) is 5.41. The van der Waals surface area contributed by atoms with Gasteiger partial charge in [-0.2, -0.15) is 0 Å². The molecule has 0 aromatic heterocycles. The molecular weight excluding hydrogens is 349 g/mol. The molecule has 0 fully saturated rings. The van der Waals surface area contributed by atoms with E-state index in [1.165, 1.54) is 18.2 Å². The van der Waals surface area contributed by atoms with Crippen LogP contribution in [0.2, 0.25) is 20.1 Å². The number of carboxylic acid groups (broad SMARTS) is 1. The van der Waals surface area contributed by atoms with Gasteiger partial charge in [0.05, 0.1) is 25.7 Å². The Kier molecular flexibility index (Phi) is 4.45. The van der Waals surface area contributed by atoms with Gasteiger partial charge >= 0.3 is 5.97 Å². The molecule has 0 bridgehead atoms. The lowest BCUT2D eigenvalue weighted by atomic mass is 10.0. The van der Waals surface area contributed by atoms with Crippen LogP contribution in [0.4, 0.5) is 4.39 Å². The molecule has 0 amide bonds. The summed E-state index contributed by atoms with van der Waals surface area (Å²) in [6.07, 6.45) is 0. The lowest BCUT2D eigenvalue weighted by Gasteiger charge is -2.10. The topological polar surface area (TPSA) is 37.3 Å². The molecule has 0 radical (unpaired) electrons. The summed E-state index contributed by atoms with van der Waals surface area (Å²) in [5.74, 6) is -2.09. The number of rotatable bonds is 2. The van der Waals surface area contributed by atoms with Crippen molar-refractivity contribution in [2.24, 2.45) is 0 Å². The van der Waals surface area contributed by atoms with Crippen molar-refractivity contribution in [2.75, 3.05) is 0 Å². The quantitative estimate of drug-likeness (QED) is 0.692. The van der Waals surface area contributed by atoms with Crippen molar-refractivity contribution < 1.29 is 14.3 Å². The zero-order chi connectivity index (χ0) is 15.0. The molecule has 0 atom stereocenters. The highest BCUT2D eigenvalue weighted by molar-refractivity contribution is 6.49. The van der Waals surface area contributed by atoms with E-state index in [1.54, 1.807) is 0 Å². The Balaban J connectivity index is 2.68. The minimum absolute atomic E-state index is 0.0450. The summed E-state index contributed by atoms with van der Waals surface area (Å²) in [5, 5.41) is 9.15. The molecule has 1 N–H and O–H groups in total. The second kappa shape index (κ2) is 5.78. The summed E-state index contributed by atoms with van der Waals surface area (Å²) in [6.45, 7) is 0. The first-order valence-electron chi connectivity index (χ1n) is 5.19. The van der Waals surface area contributed by atoms with E-state index in [-0.39, 0.29) is 36.8 Å². The van der Waals surface area contributed by atoms with Crippen molar-refractivity contribution in [3.8, 4) is 11.1 Å². The van der Waals surface area contributed by atoms with Crippen LogP contribution in [0.1, 0.15) is 10.4 Å². The van der Waals surface area contributed by atoms with E-state index in [4.69, 9.17) is 51.5 Å². The summed E-state index contributed by atoms with van der Waals surface area (Å²) in [4.78, 5) is 10.9. The summed E-state index contributed by atoms with van der Waals surface area (Å²) in [6, 6.07) is 4.96. The minimum Gasteiger partial charge on any atom is -0.478 e. The molecular formula is C13H5Cl4FO2. The van der Waals surface area contributed by atoms with Gasteiger partial charge in [-0.1, -0.05) is 52.5 Å². The third kappa shape index (κ3) is 2.72. The maximum absolute atomic E-state index is 14.0. The molecule has 0 heterocycles. The second-order valence-electron chi connectivity index (χ2n) is 3.84. The molecule has 0 saturated heterocycles. The molecule has 104 valence electrons. The zero-order valence-electron chi connectivity index (χ0n) is 9.55. The summed E-state index contributed by atoms with van der Waals surface area (Å²) in [7, 11) is 0. The van der Waals surface area contributed by atoms with E-state index in [0.29, 0.717) is 0 Å². The van der Waals surface area contributed by atoms with Gasteiger partial charge in [-0.05, 0) is 18.2 Å². The van der Waals surface area contributed by atoms with Crippen LogP contribution in [-0.4, -0.2) is 11.1 Å². The van der Waals surface area contributed by atoms with E-state index in [9.17, 15) is 9.18 Å². The van der Waals surface area contributed by atoms with E-state index < -0.39 is 11.8 Å². The van der Waals surface area contributed by atoms with E-state index in [2.05, 4.69) is 0 Å². The normalized spacial score (nSPS) is 10.7. The molecule has 2 aromatic carbocycles. The lowest BCUT2D eigenvalue weighted by molar-refractivity contribution is 0.0696. The van der Waals surface area contributed by atoms with Crippen LogP contribution < -0.4 is 0 Å². The van der Waals surface area contributed by atoms with Crippen molar-refractivity contribution in [1.29, 1.82) is 0 Å². The average Bonchev–Trinajstić information content (AvgIpc) is 2.38. The largest absolute Gasteiger partial charge is 0.478 e. The van der Waals surface area contributed by atoms with Gasteiger partial charge in [-0.3, -0.25) is 0 Å². The van der Waals surface area contributed by atoms with Crippen molar-refractivity contribution in [2.45, 2.75) is 0 Å².